The Kier molecular flexibility index (Phi) is 6.73. The second-order valence-corrected chi connectivity index (χ2v) is 5.67. The molecular weight excluding hydrogens is 222 g/mol. The molecular formula is C12H25NO2S. The molecule has 0 aliphatic heterocycles. The molecule has 0 heterocycles. The van der Waals surface area contributed by atoms with Crippen molar-refractivity contribution in [3.05, 3.63) is 0 Å². The van der Waals surface area contributed by atoms with Gasteiger partial charge in [0.2, 0.25) is 0 Å². The molecule has 0 spiro atoms. The van der Waals surface area contributed by atoms with E-state index >= 15 is 0 Å². The van der Waals surface area contributed by atoms with Crippen molar-refractivity contribution in [3.8, 4) is 0 Å². The lowest BCUT2D eigenvalue weighted by Crippen LogP contribution is -2.53. The molecule has 1 rings (SSSR count). The largest absolute Gasteiger partial charge is 0.394 e. The molecule has 16 heavy (non-hydrogen) atoms. The lowest BCUT2D eigenvalue weighted by molar-refractivity contribution is 0.159. The van der Waals surface area contributed by atoms with Gasteiger partial charge in [-0.2, -0.15) is 11.8 Å². The van der Waals surface area contributed by atoms with Crippen molar-refractivity contribution in [2.24, 2.45) is 5.92 Å². The second kappa shape index (κ2) is 7.54. The first-order valence-electron chi connectivity index (χ1n) is 6.21. The van der Waals surface area contributed by atoms with Gasteiger partial charge in [-0.1, -0.05) is 6.92 Å². The van der Waals surface area contributed by atoms with E-state index in [2.05, 4.69) is 12.2 Å². The van der Waals surface area contributed by atoms with Crippen LogP contribution in [-0.2, 0) is 4.74 Å². The van der Waals surface area contributed by atoms with E-state index in [4.69, 9.17) is 4.74 Å². The number of ether oxygens (including phenoxy) is 1. The van der Waals surface area contributed by atoms with Crippen molar-refractivity contribution in [3.63, 3.8) is 0 Å². The maximum Gasteiger partial charge on any atom is 0.0624 e. The van der Waals surface area contributed by atoms with E-state index in [-0.39, 0.29) is 12.1 Å². The van der Waals surface area contributed by atoms with Crippen LogP contribution in [0.1, 0.15) is 26.2 Å². The summed E-state index contributed by atoms with van der Waals surface area (Å²) in [6.45, 7) is 4.23. The van der Waals surface area contributed by atoms with Crippen LogP contribution < -0.4 is 5.32 Å². The summed E-state index contributed by atoms with van der Waals surface area (Å²) in [6, 6.07) is 0. The Morgan fingerprint density at radius 3 is 2.75 bits per heavy atom. The molecule has 0 aromatic carbocycles. The molecule has 2 N–H and O–H groups in total. The highest BCUT2D eigenvalue weighted by atomic mass is 32.2. The quantitative estimate of drug-likeness (QED) is 0.574. The number of rotatable bonds is 10. The maximum absolute atomic E-state index is 9.66. The van der Waals surface area contributed by atoms with Gasteiger partial charge in [0.25, 0.3) is 0 Å². The van der Waals surface area contributed by atoms with E-state index in [0.717, 1.165) is 31.1 Å². The first-order valence-corrected chi connectivity index (χ1v) is 7.37. The van der Waals surface area contributed by atoms with Gasteiger partial charge in [0.1, 0.15) is 0 Å². The van der Waals surface area contributed by atoms with Gasteiger partial charge in [-0.25, -0.2) is 0 Å². The van der Waals surface area contributed by atoms with Gasteiger partial charge in [0.05, 0.1) is 18.8 Å². The van der Waals surface area contributed by atoms with Crippen LogP contribution in [0.5, 0.6) is 0 Å². The van der Waals surface area contributed by atoms with E-state index in [0.29, 0.717) is 5.92 Å². The summed E-state index contributed by atoms with van der Waals surface area (Å²) in [7, 11) is 1.73. The first-order chi connectivity index (χ1) is 7.79. The molecule has 0 aromatic rings. The van der Waals surface area contributed by atoms with Crippen molar-refractivity contribution < 1.29 is 9.84 Å². The molecule has 1 unspecified atom stereocenters. The van der Waals surface area contributed by atoms with E-state index in [9.17, 15) is 5.11 Å². The average molecular weight is 247 g/mol. The van der Waals surface area contributed by atoms with Gasteiger partial charge in [-0.3, -0.25) is 0 Å². The Bertz CT molecular complexity index is 188. The van der Waals surface area contributed by atoms with Crippen LogP contribution in [0.4, 0.5) is 0 Å². The van der Waals surface area contributed by atoms with Crippen LogP contribution in [0.3, 0.4) is 0 Å². The summed E-state index contributed by atoms with van der Waals surface area (Å²) in [4.78, 5) is 0. The van der Waals surface area contributed by atoms with E-state index in [1.807, 2.05) is 11.8 Å². The summed E-state index contributed by atoms with van der Waals surface area (Å²) < 4.78 is 5.04. The lowest BCUT2D eigenvalue weighted by Gasteiger charge is -2.33. The third-order valence-electron chi connectivity index (χ3n) is 3.16. The number of hydrogen-bond acceptors (Lipinski definition) is 4. The normalized spacial score (nSPS) is 19.7. The Hall–Kier alpha value is 0.230. The Balaban J connectivity index is 2.35. The van der Waals surface area contributed by atoms with Gasteiger partial charge < -0.3 is 15.2 Å². The van der Waals surface area contributed by atoms with Crippen molar-refractivity contribution in [1.29, 1.82) is 0 Å². The number of hydrogen-bond donors (Lipinski definition) is 2. The average Bonchev–Trinajstić information content (AvgIpc) is 3.13. The Morgan fingerprint density at radius 2 is 2.25 bits per heavy atom. The SMILES string of the molecule is CCCNC(CO)(CSCCOC)C1CC1. The minimum atomic E-state index is -0.0333. The molecule has 0 radical (unpaired) electrons. The maximum atomic E-state index is 9.66. The molecule has 0 amide bonds. The van der Waals surface area contributed by atoms with E-state index in [1.165, 1.54) is 12.8 Å². The third kappa shape index (κ3) is 4.24. The highest BCUT2D eigenvalue weighted by Gasteiger charge is 2.44. The third-order valence-corrected chi connectivity index (χ3v) is 4.33. The molecule has 1 fully saturated rings. The molecule has 1 atom stereocenters. The summed E-state index contributed by atoms with van der Waals surface area (Å²) in [5.74, 6) is 2.69. The van der Waals surface area contributed by atoms with Crippen molar-refractivity contribution in [2.45, 2.75) is 31.7 Å². The number of nitrogens with one attached hydrogen (secondary N) is 1. The summed E-state index contributed by atoms with van der Waals surface area (Å²) in [5, 5.41) is 13.2. The molecule has 0 bridgehead atoms. The van der Waals surface area contributed by atoms with Crippen LogP contribution in [0, 0.1) is 5.92 Å². The van der Waals surface area contributed by atoms with Gasteiger partial charge in [0.15, 0.2) is 0 Å². The number of aliphatic hydroxyl groups excluding tert-OH is 1. The predicted octanol–water partition coefficient (Wildman–Crippen LogP) is 1.51. The van der Waals surface area contributed by atoms with Gasteiger partial charge >= 0.3 is 0 Å². The molecule has 96 valence electrons. The molecule has 0 saturated heterocycles. The highest BCUT2D eigenvalue weighted by molar-refractivity contribution is 7.99. The monoisotopic (exact) mass is 247 g/mol. The summed E-state index contributed by atoms with van der Waals surface area (Å²) in [5.41, 5.74) is -0.0333. The van der Waals surface area contributed by atoms with Crippen LogP contribution in [-0.4, -0.2) is 49.0 Å². The zero-order valence-electron chi connectivity index (χ0n) is 10.5. The molecule has 1 aliphatic rings. The number of methoxy groups -OCH3 is 1. The van der Waals surface area contributed by atoms with Crippen molar-refractivity contribution in [2.75, 3.05) is 38.4 Å². The number of thioether (sulfide) groups is 1. The smallest absolute Gasteiger partial charge is 0.0624 e. The van der Waals surface area contributed by atoms with E-state index < -0.39 is 0 Å². The van der Waals surface area contributed by atoms with E-state index in [1.54, 1.807) is 7.11 Å². The Labute approximate surface area is 103 Å². The van der Waals surface area contributed by atoms with Crippen LogP contribution >= 0.6 is 11.8 Å². The zero-order valence-corrected chi connectivity index (χ0v) is 11.3. The summed E-state index contributed by atoms with van der Waals surface area (Å²) in [6.07, 6.45) is 3.65. The van der Waals surface area contributed by atoms with Crippen LogP contribution in [0.25, 0.3) is 0 Å². The van der Waals surface area contributed by atoms with Gasteiger partial charge in [-0.05, 0) is 31.7 Å². The summed E-state index contributed by atoms with van der Waals surface area (Å²) >= 11 is 1.88. The molecule has 4 heteroatoms. The van der Waals surface area contributed by atoms with Crippen LogP contribution in [0.2, 0.25) is 0 Å². The van der Waals surface area contributed by atoms with Gasteiger partial charge in [0, 0.05) is 18.6 Å². The molecule has 1 saturated carbocycles. The predicted molar refractivity (Wildman–Crippen MR) is 70.0 cm³/mol. The molecule has 3 nitrogen and oxygen atoms in total. The molecule has 0 aromatic heterocycles. The van der Waals surface area contributed by atoms with Crippen molar-refractivity contribution >= 4 is 11.8 Å². The fourth-order valence-corrected chi connectivity index (χ4v) is 3.17. The van der Waals surface area contributed by atoms with Crippen molar-refractivity contribution in [1.82, 2.24) is 5.32 Å². The number of aliphatic hydroxyl groups is 1. The minimum absolute atomic E-state index is 0.0333. The highest BCUT2D eigenvalue weighted by Crippen LogP contribution is 2.41. The standard InChI is InChI=1S/C12H25NO2S/c1-3-6-13-12(9-14,11-4-5-11)10-16-8-7-15-2/h11,13-14H,3-10H2,1-2H3. The fraction of sp³-hybridized carbons (Fsp3) is 1.00. The van der Waals surface area contributed by atoms with Crippen LogP contribution in [0.15, 0.2) is 0 Å². The zero-order chi connectivity index (χ0) is 11.9. The Morgan fingerprint density at radius 1 is 1.50 bits per heavy atom. The van der Waals surface area contributed by atoms with Gasteiger partial charge in [-0.15, -0.1) is 0 Å². The second-order valence-electron chi connectivity index (χ2n) is 4.56. The topological polar surface area (TPSA) is 41.5 Å². The first kappa shape index (κ1) is 14.3. The fourth-order valence-electron chi connectivity index (χ4n) is 1.95. The molecule has 1 aliphatic carbocycles. The minimum Gasteiger partial charge on any atom is -0.394 e. The lowest BCUT2D eigenvalue weighted by atomic mass is 9.96.